The van der Waals surface area contributed by atoms with Crippen molar-refractivity contribution in [2.75, 3.05) is 5.32 Å². The molecule has 0 radical (unpaired) electrons. The van der Waals surface area contributed by atoms with Gasteiger partial charge in [0.1, 0.15) is 12.5 Å². The highest BCUT2D eigenvalue weighted by Gasteiger charge is 2.03. The number of nitrogens with zero attached hydrogens (tertiary/aromatic N) is 2. The molecule has 1 N–H and O–H groups in total. The van der Waals surface area contributed by atoms with Crippen LogP contribution in [-0.2, 0) is 11.2 Å². The number of aryl methyl sites for hydroxylation is 1. The van der Waals surface area contributed by atoms with Crippen molar-refractivity contribution in [1.29, 1.82) is 0 Å². The van der Waals surface area contributed by atoms with Crippen LogP contribution in [0.2, 0.25) is 0 Å². The molecular weight excluding hydrogens is 528 g/mol. The van der Waals surface area contributed by atoms with Gasteiger partial charge < -0.3 is 10.1 Å². The largest absolute Gasteiger partial charge is 0.324 e. The van der Waals surface area contributed by atoms with Crippen molar-refractivity contribution in [3.63, 3.8) is 0 Å². The van der Waals surface area contributed by atoms with Gasteiger partial charge in [-0.15, -0.1) is 0 Å². The topological polar surface area (TPSA) is 53.8 Å². The molecule has 1 unspecified atom stereocenters. The van der Waals surface area contributed by atoms with Gasteiger partial charge in [0.15, 0.2) is 0 Å². The summed E-state index contributed by atoms with van der Waals surface area (Å²) in [5.41, 5.74) is 3.73. The average Bonchev–Trinajstić information content (AvgIpc) is 2.97. The minimum absolute atomic E-state index is 0. The van der Waals surface area contributed by atoms with Crippen molar-refractivity contribution < 1.29 is 13.9 Å². The minimum atomic E-state index is -0.949. The molecule has 1 aromatic rings. The van der Waals surface area contributed by atoms with Crippen LogP contribution in [0.3, 0.4) is 0 Å². The van der Waals surface area contributed by atoms with Crippen LogP contribution in [0.5, 0.6) is 0 Å². The number of alkyl halides is 1. The van der Waals surface area contributed by atoms with Crippen molar-refractivity contribution in [2.45, 2.75) is 71.9 Å². The second-order valence-electron chi connectivity index (χ2n) is 9.05. The zero-order chi connectivity index (χ0) is 30.6. The Labute approximate surface area is 252 Å². The van der Waals surface area contributed by atoms with E-state index in [2.05, 4.69) is 54.1 Å². The van der Waals surface area contributed by atoms with E-state index in [-0.39, 0.29) is 11.1 Å². The monoisotopic (exact) mass is 577 g/mol. The maximum atomic E-state index is 12.6. The molecule has 0 aromatic heterocycles. The zero-order valence-corrected chi connectivity index (χ0v) is 25.6. The van der Waals surface area contributed by atoms with Gasteiger partial charge in [-0.2, -0.15) is 0 Å². The molecule has 0 amide bonds. The molecule has 1 aromatic carbocycles. The Morgan fingerprint density at radius 2 is 1.55 bits per heavy atom. The maximum absolute atomic E-state index is 12.6. The van der Waals surface area contributed by atoms with E-state index < -0.39 is 6.17 Å². The van der Waals surface area contributed by atoms with E-state index in [1.807, 2.05) is 61.6 Å². The lowest BCUT2D eigenvalue weighted by Crippen LogP contribution is -2.09. The van der Waals surface area contributed by atoms with E-state index in [1.54, 1.807) is 24.6 Å². The molecule has 1 rings (SSSR count). The molecule has 0 fully saturated rings. The van der Waals surface area contributed by atoms with E-state index in [9.17, 15) is 9.18 Å². The van der Waals surface area contributed by atoms with E-state index in [0.29, 0.717) is 11.5 Å². The minimum Gasteiger partial charge on any atom is -0.324 e. The lowest BCUT2D eigenvalue weighted by molar-refractivity contribution is -0.106. The lowest BCUT2D eigenvalue weighted by atomic mass is 10.1. The number of rotatable bonds is 17. The van der Waals surface area contributed by atoms with Crippen molar-refractivity contribution in [2.24, 2.45) is 9.98 Å². The highest BCUT2D eigenvalue weighted by molar-refractivity contribution is 5.99. The molecule has 0 aliphatic rings. The third kappa shape index (κ3) is 21.6. The molecular formula is C36H49F2N3O. The smallest absolute Gasteiger partial charge is 0.226 e. The van der Waals surface area contributed by atoms with Gasteiger partial charge in [0.25, 0.3) is 0 Å². The fourth-order valence-electron chi connectivity index (χ4n) is 3.41. The molecule has 0 spiro atoms. The normalized spacial score (nSPS) is 13.1. The van der Waals surface area contributed by atoms with Crippen LogP contribution < -0.4 is 5.32 Å². The summed E-state index contributed by atoms with van der Waals surface area (Å²) in [7, 11) is 0. The Morgan fingerprint density at radius 1 is 0.929 bits per heavy atom. The van der Waals surface area contributed by atoms with E-state index in [1.165, 1.54) is 50.7 Å². The molecule has 0 saturated carbocycles. The molecule has 0 bridgehead atoms. The molecule has 1 atom stereocenters. The van der Waals surface area contributed by atoms with Gasteiger partial charge in [0, 0.05) is 24.5 Å². The summed E-state index contributed by atoms with van der Waals surface area (Å²) in [6, 6.07) is 8.36. The third-order valence-electron chi connectivity index (χ3n) is 5.69. The number of guanidine groups is 1. The second-order valence-corrected chi connectivity index (χ2v) is 9.05. The van der Waals surface area contributed by atoms with Gasteiger partial charge in [-0.05, 0) is 61.6 Å². The fourth-order valence-corrected chi connectivity index (χ4v) is 3.41. The summed E-state index contributed by atoms with van der Waals surface area (Å²) in [6.07, 6.45) is 29.0. The molecule has 0 aliphatic carbocycles. The number of aldehydes is 1. The quantitative estimate of drug-likeness (QED) is 0.0658. The first-order valence-corrected chi connectivity index (χ1v) is 14.2. The SMILES string of the molecule is C=C/C(C)=C(\C=C)C(C)F.C=C\C=C/C=C/C=C/C=C/N=C(N=CCC=O)Nc1ccc(CCCCCCC)cc1.F. The van der Waals surface area contributed by atoms with Gasteiger partial charge in [-0.1, -0.05) is 119 Å². The Hall–Kier alpha value is -4.19. The fraction of sp³-hybridized carbons (Fsp3) is 0.306. The van der Waals surface area contributed by atoms with Crippen LogP contribution in [0.4, 0.5) is 14.8 Å². The third-order valence-corrected chi connectivity index (χ3v) is 5.69. The molecule has 4 nitrogen and oxygen atoms in total. The Bertz CT molecular complexity index is 1100. The predicted molar refractivity (Wildman–Crippen MR) is 182 cm³/mol. The van der Waals surface area contributed by atoms with Crippen molar-refractivity contribution in [3.05, 3.63) is 128 Å². The van der Waals surface area contributed by atoms with Crippen LogP contribution in [0.25, 0.3) is 0 Å². The highest BCUT2D eigenvalue weighted by atomic mass is 19.1. The molecule has 42 heavy (non-hydrogen) atoms. The van der Waals surface area contributed by atoms with Crippen LogP contribution in [0, 0.1) is 0 Å². The number of unbranched alkanes of at least 4 members (excludes halogenated alkanes) is 4. The summed E-state index contributed by atoms with van der Waals surface area (Å²) < 4.78 is 12.6. The first-order chi connectivity index (χ1) is 19.9. The zero-order valence-electron chi connectivity index (χ0n) is 25.6. The molecule has 0 saturated heterocycles. The van der Waals surface area contributed by atoms with Gasteiger partial charge in [0.2, 0.25) is 5.96 Å². The molecule has 0 heterocycles. The Morgan fingerprint density at radius 3 is 2.07 bits per heavy atom. The first-order valence-electron chi connectivity index (χ1n) is 14.2. The number of hydrogen-bond acceptors (Lipinski definition) is 2. The van der Waals surface area contributed by atoms with Gasteiger partial charge in [0.05, 0.1) is 0 Å². The number of aliphatic imine (C=N–C) groups is 2. The summed E-state index contributed by atoms with van der Waals surface area (Å²) in [5.74, 6) is 0.434. The number of anilines is 1. The number of nitrogens with one attached hydrogen (secondary N) is 1. The highest BCUT2D eigenvalue weighted by Crippen LogP contribution is 2.14. The second kappa shape index (κ2) is 28.3. The number of carbonyl (C=O) groups excluding carboxylic acids is 1. The van der Waals surface area contributed by atoms with E-state index in [0.717, 1.165) is 24.0 Å². The maximum Gasteiger partial charge on any atom is 0.226 e. The molecule has 0 aliphatic heterocycles. The van der Waals surface area contributed by atoms with E-state index in [4.69, 9.17) is 0 Å². The van der Waals surface area contributed by atoms with Crippen molar-refractivity contribution in [3.8, 4) is 0 Å². The van der Waals surface area contributed by atoms with Crippen LogP contribution in [-0.4, -0.2) is 24.6 Å². The summed E-state index contributed by atoms with van der Waals surface area (Å²) >= 11 is 0. The number of allylic oxidation sites excluding steroid dienone is 12. The number of carbonyl (C=O) groups is 1. The van der Waals surface area contributed by atoms with Crippen molar-refractivity contribution >= 4 is 24.1 Å². The summed E-state index contributed by atoms with van der Waals surface area (Å²) in [6.45, 7) is 16.2. The number of halogens is 2. The summed E-state index contributed by atoms with van der Waals surface area (Å²) in [4.78, 5) is 19.2. The summed E-state index contributed by atoms with van der Waals surface area (Å²) in [5, 5.41) is 3.20. The van der Waals surface area contributed by atoms with Gasteiger partial charge >= 0.3 is 0 Å². The van der Waals surface area contributed by atoms with Crippen LogP contribution in [0.1, 0.15) is 64.9 Å². The Balaban J connectivity index is 0. The first kappa shape index (κ1) is 40.0. The molecule has 228 valence electrons. The number of hydrogen-bond donors (Lipinski definition) is 1. The van der Waals surface area contributed by atoms with Gasteiger partial charge in [-0.3, -0.25) is 4.70 Å². The van der Waals surface area contributed by atoms with E-state index >= 15 is 0 Å². The number of benzene rings is 1. The lowest BCUT2D eigenvalue weighted by Gasteiger charge is -2.07. The van der Waals surface area contributed by atoms with Gasteiger partial charge in [-0.25, -0.2) is 14.4 Å². The van der Waals surface area contributed by atoms with Crippen LogP contribution >= 0.6 is 0 Å². The average molecular weight is 578 g/mol. The van der Waals surface area contributed by atoms with Crippen LogP contribution in [0.15, 0.2) is 132 Å². The molecule has 6 heteroatoms. The van der Waals surface area contributed by atoms with Crippen molar-refractivity contribution in [1.82, 2.24) is 0 Å². The Kier molecular flexibility index (Phi) is 27.0. The standard InChI is InChI=1S/C27H35N3O.C9H13F.FH/c1-3-5-7-9-10-11-13-15-22-28-27(29-23-16-24-31)30-26-20-18-25(19-21-26)17-14-12-8-6-4-2;1-5-7(3)9(6-2)8(4)10;/h3,5,7,9-11,13,15,18-24H,1,4,6,8,12,14,16-17H2,2H3,(H,28,30);5-6,8H,1-2H2,3-4H3;1H/b7-5-,10-9+,13-11+,22-15+,29-23?;9-7+;. The predicted octanol–water partition coefficient (Wildman–Crippen LogP) is 10.2.